The average Bonchev–Trinajstić information content (AvgIpc) is 2.75. The van der Waals surface area contributed by atoms with Crippen molar-refractivity contribution in [2.45, 2.75) is 25.7 Å². The number of sulfonamides is 2. The minimum Gasteiger partial charge on any atom is -0.336 e. The van der Waals surface area contributed by atoms with E-state index in [1.54, 1.807) is 49.1 Å². The van der Waals surface area contributed by atoms with Gasteiger partial charge in [-0.1, -0.05) is 23.8 Å². The number of carbonyl (C=O) groups excluding carboxylic acids is 1. The lowest BCUT2D eigenvalue weighted by atomic mass is 10.1. The summed E-state index contributed by atoms with van der Waals surface area (Å²) in [5.41, 5.74) is 2.40. The van der Waals surface area contributed by atoms with E-state index in [1.165, 1.54) is 16.4 Å². The largest absolute Gasteiger partial charge is 0.336 e. The smallest absolute Gasteiger partial charge is 0.261 e. The van der Waals surface area contributed by atoms with Crippen LogP contribution in [0.15, 0.2) is 47.4 Å². The summed E-state index contributed by atoms with van der Waals surface area (Å²) in [4.78, 5) is 14.6. The topological polar surface area (TPSA) is 104 Å². The highest BCUT2D eigenvalue weighted by atomic mass is 32.2. The quantitative estimate of drug-likeness (QED) is 0.704. The molecule has 1 fully saturated rings. The van der Waals surface area contributed by atoms with Crippen molar-refractivity contribution < 1.29 is 21.6 Å². The van der Waals surface area contributed by atoms with Gasteiger partial charge in [-0.15, -0.1) is 0 Å². The molecule has 1 aliphatic rings. The molecule has 3 rings (SSSR count). The van der Waals surface area contributed by atoms with Crippen LogP contribution in [0.2, 0.25) is 0 Å². The van der Waals surface area contributed by atoms with Crippen LogP contribution in [0.25, 0.3) is 0 Å². The number of nitrogens with zero attached hydrogens (tertiary/aromatic N) is 2. The van der Waals surface area contributed by atoms with E-state index in [9.17, 15) is 21.6 Å². The molecule has 168 valence electrons. The van der Waals surface area contributed by atoms with Gasteiger partial charge in [0.1, 0.15) is 0 Å². The summed E-state index contributed by atoms with van der Waals surface area (Å²) in [6, 6.07) is 11.4. The number of aryl methyl sites for hydroxylation is 2. The first-order valence-corrected chi connectivity index (χ1v) is 13.1. The number of nitrogens with one attached hydrogen (secondary N) is 1. The summed E-state index contributed by atoms with van der Waals surface area (Å²) in [6.45, 7) is 6.23. The summed E-state index contributed by atoms with van der Waals surface area (Å²) in [5, 5.41) is 0. The Balaban J connectivity index is 1.79. The second-order valence-electron chi connectivity index (χ2n) is 7.54. The summed E-state index contributed by atoms with van der Waals surface area (Å²) in [7, 11) is -7.16. The van der Waals surface area contributed by atoms with E-state index in [2.05, 4.69) is 4.72 Å². The molecule has 2 aromatic rings. The fraction of sp³-hybridized carbons (Fsp3) is 0.381. The third kappa shape index (κ3) is 5.25. The minimum atomic E-state index is -3.87. The van der Waals surface area contributed by atoms with E-state index in [-0.39, 0.29) is 42.7 Å². The van der Waals surface area contributed by atoms with Crippen LogP contribution in [0.5, 0.6) is 0 Å². The zero-order valence-electron chi connectivity index (χ0n) is 17.8. The van der Waals surface area contributed by atoms with Crippen molar-refractivity contribution in [3.8, 4) is 0 Å². The summed E-state index contributed by atoms with van der Waals surface area (Å²) in [5.74, 6) is -0.285. The van der Waals surface area contributed by atoms with Crippen molar-refractivity contribution in [2.75, 3.05) is 36.7 Å². The Bertz CT molecular complexity index is 1170. The zero-order valence-corrected chi connectivity index (χ0v) is 19.5. The second kappa shape index (κ2) is 8.97. The molecule has 0 radical (unpaired) electrons. The molecule has 10 heteroatoms. The Morgan fingerprint density at radius 1 is 0.935 bits per heavy atom. The molecule has 0 aromatic heterocycles. The van der Waals surface area contributed by atoms with Crippen LogP contribution in [0.4, 0.5) is 5.69 Å². The fourth-order valence-electron chi connectivity index (χ4n) is 3.36. The van der Waals surface area contributed by atoms with Crippen LogP contribution in [-0.2, 0) is 20.0 Å². The number of hydrogen-bond acceptors (Lipinski definition) is 5. The number of amides is 1. The molecule has 0 spiro atoms. The van der Waals surface area contributed by atoms with Crippen molar-refractivity contribution in [3.05, 3.63) is 59.2 Å². The lowest BCUT2D eigenvalue weighted by Gasteiger charge is -2.34. The van der Waals surface area contributed by atoms with E-state index >= 15 is 0 Å². The van der Waals surface area contributed by atoms with Gasteiger partial charge in [-0.2, -0.15) is 4.31 Å². The molecule has 2 aromatic carbocycles. The SMILES string of the molecule is CCS(=O)(=O)N1CCN(C(=O)c2cc(S(=O)(=O)Nc3ccc(C)cc3)ccc2C)CC1. The molecular formula is C21H27N3O5S2. The van der Waals surface area contributed by atoms with Gasteiger partial charge < -0.3 is 4.90 Å². The first kappa shape index (κ1) is 23.2. The lowest BCUT2D eigenvalue weighted by Crippen LogP contribution is -2.51. The first-order chi connectivity index (χ1) is 14.5. The van der Waals surface area contributed by atoms with Crippen molar-refractivity contribution in [2.24, 2.45) is 0 Å². The minimum absolute atomic E-state index is 0.00535. The van der Waals surface area contributed by atoms with Gasteiger partial charge in [0.05, 0.1) is 10.6 Å². The van der Waals surface area contributed by atoms with Gasteiger partial charge >= 0.3 is 0 Å². The van der Waals surface area contributed by atoms with Crippen molar-refractivity contribution in [1.82, 2.24) is 9.21 Å². The molecule has 0 bridgehead atoms. The molecular weight excluding hydrogens is 438 g/mol. The highest BCUT2D eigenvalue weighted by molar-refractivity contribution is 7.92. The van der Waals surface area contributed by atoms with E-state index in [0.717, 1.165) is 5.56 Å². The molecule has 0 saturated carbocycles. The molecule has 0 atom stereocenters. The highest BCUT2D eigenvalue weighted by Gasteiger charge is 2.29. The summed E-state index contributed by atoms with van der Waals surface area (Å²) >= 11 is 0. The maximum absolute atomic E-state index is 13.1. The summed E-state index contributed by atoms with van der Waals surface area (Å²) < 4.78 is 53.6. The van der Waals surface area contributed by atoms with Gasteiger partial charge in [-0.25, -0.2) is 16.8 Å². The Kier molecular flexibility index (Phi) is 6.73. The number of hydrogen-bond donors (Lipinski definition) is 1. The molecule has 1 amide bonds. The number of piperazine rings is 1. The lowest BCUT2D eigenvalue weighted by molar-refractivity contribution is 0.0697. The fourth-order valence-corrected chi connectivity index (χ4v) is 5.53. The van der Waals surface area contributed by atoms with E-state index < -0.39 is 20.0 Å². The Morgan fingerprint density at radius 3 is 2.13 bits per heavy atom. The summed E-state index contributed by atoms with van der Waals surface area (Å²) in [6.07, 6.45) is 0. The highest BCUT2D eigenvalue weighted by Crippen LogP contribution is 2.21. The van der Waals surface area contributed by atoms with Gasteiger partial charge in [0, 0.05) is 37.4 Å². The predicted molar refractivity (Wildman–Crippen MR) is 120 cm³/mol. The normalized spacial score (nSPS) is 15.6. The standard InChI is InChI=1S/C21H27N3O5S2/c1-4-30(26,27)24-13-11-23(12-14-24)21(25)20-15-19(10-7-17(20)3)31(28,29)22-18-8-5-16(2)6-9-18/h5-10,15,22H,4,11-14H2,1-3H3. The molecule has 1 N–H and O–H groups in total. The van der Waals surface area contributed by atoms with Crippen LogP contribution >= 0.6 is 0 Å². The number of benzene rings is 2. The molecule has 1 heterocycles. The van der Waals surface area contributed by atoms with Gasteiger partial charge in [0.15, 0.2) is 0 Å². The third-order valence-electron chi connectivity index (χ3n) is 5.34. The van der Waals surface area contributed by atoms with Gasteiger partial charge in [-0.05, 0) is 50.6 Å². The van der Waals surface area contributed by atoms with Gasteiger partial charge in [0.25, 0.3) is 15.9 Å². The van der Waals surface area contributed by atoms with Gasteiger partial charge in [0.2, 0.25) is 10.0 Å². The maximum atomic E-state index is 13.1. The Labute approximate surface area is 184 Å². The predicted octanol–water partition coefficient (Wildman–Crippen LogP) is 2.21. The molecule has 1 saturated heterocycles. The molecule has 0 unspecified atom stereocenters. The number of anilines is 1. The second-order valence-corrected chi connectivity index (χ2v) is 11.5. The van der Waals surface area contributed by atoms with Crippen LogP contribution in [0.1, 0.15) is 28.4 Å². The number of rotatable bonds is 6. The third-order valence-corrected chi connectivity index (χ3v) is 8.60. The monoisotopic (exact) mass is 465 g/mol. The molecule has 31 heavy (non-hydrogen) atoms. The van der Waals surface area contributed by atoms with Crippen LogP contribution in [-0.4, -0.2) is 63.9 Å². The first-order valence-electron chi connectivity index (χ1n) is 10.0. The van der Waals surface area contributed by atoms with Crippen molar-refractivity contribution >= 4 is 31.6 Å². The Morgan fingerprint density at radius 2 is 1.55 bits per heavy atom. The number of carbonyl (C=O) groups is 1. The van der Waals surface area contributed by atoms with Gasteiger partial charge in [-0.3, -0.25) is 9.52 Å². The maximum Gasteiger partial charge on any atom is 0.261 e. The van der Waals surface area contributed by atoms with Crippen molar-refractivity contribution in [3.63, 3.8) is 0 Å². The van der Waals surface area contributed by atoms with E-state index in [1.807, 2.05) is 6.92 Å². The van der Waals surface area contributed by atoms with E-state index in [4.69, 9.17) is 0 Å². The zero-order chi connectivity index (χ0) is 22.8. The van der Waals surface area contributed by atoms with Crippen molar-refractivity contribution in [1.29, 1.82) is 0 Å². The van der Waals surface area contributed by atoms with Crippen LogP contribution in [0.3, 0.4) is 0 Å². The Hall–Kier alpha value is -2.43. The molecule has 8 nitrogen and oxygen atoms in total. The van der Waals surface area contributed by atoms with Crippen LogP contribution in [0, 0.1) is 13.8 Å². The molecule has 1 aliphatic heterocycles. The van der Waals surface area contributed by atoms with E-state index in [0.29, 0.717) is 16.8 Å². The average molecular weight is 466 g/mol. The molecule has 0 aliphatic carbocycles. The van der Waals surface area contributed by atoms with Crippen LogP contribution < -0.4 is 4.72 Å².